The van der Waals surface area contributed by atoms with Crippen LogP contribution in [-0.4, -0.2) is 79.3 Å². The summed E-state index contributed by atoms with van der Waals surface area (Å²) >= 11 is 13.0. The van der Waals surface area contributed by atoms with Crippen LogP contribution in [0.5, 0.6) is 23.0 Å². The number of hydrogen-bond acceptors (Lipinski definition) is 9. The zero-order chi connectivity index (χ0) is 41.9. The van der Waals surface area contributed by atoms with Crippen LogP contribution in [0.4, 0.5) is 16.2 Å². The largest absolute Gasteiger partial charge is 0.495 e. The van der Waals surface area contributed by atoms with Crippen molar-refractivity contribution in [2.45, 2.75) is 25.3 Å². The number of ether oxygens (including phenoxy) is 4. The van der Waals surface area contributed by atoms with Gasteiger partial charge in [-0.2, -0.15) is 0 Å². The lowest BCUT2D eigenvalue weighted by Crippen LogP contribution is -2.72. The Morgan fingerprint density at radius 1 is 0.567 bits per heavy atom. The Kier molecular flexibility index (Phi) is 11.6. The van der Waals surface area contributed by atoms with Gasteiger partial charge in [0.1, 0.15) is 23.0 Å². The van der Waals surface area contributed by atoms with E-state index in [1.54, 1.807) is 51.1 Å². The fraction of sp³-hybridized carbons (Fsp3) is 0.255. The first-order valence-corrected chi connectivity index (χ1v) is 20.5. The lowest BCUT2D eigenvalue weighted by atomic mass is 9.95. The van der Waals surface area contributed by atoms with E-state index >= 15 is 4.79 Å². The second kappa shape index (κ2) is 17.2. The van der Waals surface area contributed by atoms with E-state index in [-0.39, 0.29) is 32.2 Å². The third kappa shape index (κ3) is 7.71. The molecule has 0 saturated carbocycles. The summed E-state index contributed by atoms with van der Waals surface area (Å²) < 4.78 is 26.4. The Labute approximate surface area is 360 Å². The number of nitrogens with zero attached hydrogens (tertiary/aromatic N) is 6. The number of rotatable bonds is 10. The molecule has 60 heavy (non-hydrogen) atoms. The standard InChI is InChI=1S/C47H46Cl2N6O5/c1-33-27-37(48)17-19-41(33)59-46(35-11-9-21-50-29-35)31-52(39-13-5-7-15-43(39)57-3)23-25-54(46)45(56)55-26-24-53(40-14-6-8-16-44(40)58-4)32-47(55,36-12-10-22-51-30-36)60-42-20-18-38(49)28-34(42)2/h5-22,27-30H,23-26,31-32H2,1-4H3/t46-,47-/m1/s1. The molecule has 2 aromatic heterocycles. The SMILES string of the molecule is COc1ccccc1N1CCN(C(=O)N2CCN(c3ccccc3OC)C[C@@]2(Oc2ccc(Cl)cc2C)c2cccnc2)[C@](Oc2ccc(Cl)cc2C)(c2cccnc2)C1. The number of carbonyl (C=O) groups excluding carboxylic acids is 1. The normalized spacial score (nSPS) is 19.2. The Bertz CT molecular complexity index is 2290. The Hall–Kier alpha value is -6.17. The summed E-state index contributed by atoms with van der Waals surface area (Å²) in [5, 5.41) is 1.15. The number of hydrogen-bond donors (Lipinski definition) is 0. The van der Waals surface area contributed by atoms with Crippen molar-refractivity contribution in [3.05, 3.63) is 166 Å². The van der Waals surface area contributed by atoms with Gasteiger partial charge in [0.05, 0.1) is 38.7 Å². The molecule has 2 aliphatic rings. The fourth-order valence-corrected chi connectivity index (χ4v) is 8.73. The quantitative estimate of drug-likeness (QED) is 0.134. The predicted octanol–water partition coefficient (Wildman–Crippen LogP) is 9.35. The molecule has 4 aromatic carbocycles. The van der Waals surface area contributed by atoms with Crippen LogP contribution in [0.3, 0.4) is 0 Å². The molecule has 0 spiro atoms. The number of halogens is 2. The van der Waals surface area contributed by atoms with Crippen molar-refractivity contribution < 1.29 is 23.7 Å². The summed E-state index contributed by atoms with van der Waals surface area (Å²) in [5.74, 6) is 2.54. The number of pyridine rings is 2. The van der Waals surface area contributed by atoms with Gasteiger partial charge in [0.2, 0.25) is 11.4 Å². The molecule has 6 aromatic rings. The van der Waals surface area contributed by atoms with Crippen LogP contribution in [0.15, 0.2) is 134 Å². The number of anilines is 2. The number of piperazine rings is 2. The van der Waals surface area contributed by atoms with Crippen LogP contribution in [0.25, 0.3) is 0 Å². The van der Waals surface area contributed by atoms with Crippen LogP contribution in [0.2, 0.25) is 10.0 Å². The van der Waals surface area contributed by atoms with Gasteiger partial charge in [0.15, 0.2) is 0 Å². The van der Waals surface area contributed by atoms with Crippen molar-refractivity contribution in [2.75, 3.05) is 63.3 Å². The van der Waals surface area contributed by atoms with Gasteiger partial charge in [0, 0.05) is 72.1 Å². The second-order valence-electron chi connectivity index (χ2n) is 14.8. The molecule has 0 unspecified atom stereocenters. The maximum absolute atomic E-state index is 16.2. The maximum Gasteiger partial charge on any atom is 0.326 e. The number of aromatic nitrogens is 2. The first-order chi connectivity index (χ1) is 29.2. The first-order valence-electron chi connectivity index (χ1n) is 19.7. The van der Waals surface area contributed by atoms with Crippen LogP contribution in [0.1, 0.15) is 22.3 Å². The van der Waals surface area contributed by atoms with Crippen molar-refractivity contribution in [3.8, 4) is 23.0 Å². The molecule has 2 amide bonds. The molecular formula is C47H46Cl2N6O5. The third-order valence-corrected chi connectivity index (χ3v) is 11.7. The number of methoxy groups -OCH3 is 2. The van der Waals surface area contributed by atoms with Crippen molar-refractivity contribution in [3.63, 3.8) is 0 Å². The Balaban J connectivity index is 1.32. The summed E-state index contributed by atoms with van der Waals surface area (Å²) in [5.41, 5.74) is 1.86. The molecule has 13 heteroatoms. The Morgan fingerprint density at radius 3 is 1.38 bits per heavy atom. The summed E-state index contributed by atoms with van der Waals surface area (Å²) in [7, 11) is 3.32. The molecule has 11 nitrogen and oxygen atoms in total. The smallest absolute Gasteiger partial charge is 0.326 e. The number of urea groups is 1. The van der Waals surface area contributed by atoms with Gasteiger partial charge in [-0.1, -0.05) is 47.5 Å². The predicted molar refractivity (Wildman–Crippen MR) is 235 cm³/mol. The average molecular weight is 846 g/mol. The van der Waals surface area contributed by atoms with Gasteiger partial charge in [-0.05, 0) is 110 Å². The molecule has 8 rings (SSSR count). The molecular weight excluding hydrogens is 799 g/mol. The summed E-state index contributed by atoms with van der Waals surface area (Å²) in [6, 6.07) is 34.0. The van der Waals surface area contributed by atoms with Crippen LogP contribution in [0, 0.1) is 13.8 Å². The maximum atomic E-state index is 16.2. The summed E-state index contributed by atoms with van der Waals surface area (Å²) in [6.07, 6.45) is 6.95. The number of carbonyl (C=O) groups is 1. The molecule has 2 fully saturated rings. The molecule has 0 aliphatic carbocycles. The third-order valence-electron chi connectivity index (χ3n) is 11.2. The number of benzene rings is 4. The minimum absolute atomic E-state index is 0.227. The van der Waals surface area contributed by atoms with Crippen molar-refractivity contribution >= 4 is 40.6 Å². The van der Waals surface area contributed by atoms with Crippen LogP contribution < -0.4 is 28.7 Å². The van der Waals surface area contributed by atoms with E-state index < -0.39 is 11.4 Å². The van der Waals surface area contributed by atoms with E-state index in [4.69, 9.17) is 42.1 Å². The Morgan fingerprint density at radius 2 is 1.00 bits per heavy atom. The summed E-state index contributed by atoms with van der Waals surface area (Å²) in [6.45, 7) is 5.79. The summed E-state index contributed by atoms with van der Waals surface area (Å²) in [4.78, 5) is 33.4. The van der Waals surface area contributed by atoms with Crippen LogP contribution >= 0.6 is 23.2 Å². The van der Waals surface area contributed by atoms with E-state index in [2.05, 4.69) is 19.8 Å². The van der Waals surface area contributed by atoms with E-state index in [0.29, 0.717) is 57.3 Å². The zero-order valence-electron chi connectivity index (χ0n) is 33.9. The zero-order valence-corrected chi connectivity index (χ0v) is 35.4. The fourth-order valence-electron chi connectivity index (χ4n) is 8.28. The van der Waals surface area contributed by atoms with E-state index in [1.807, 2.05) is 121 Å². The number of amides is 2. The molecule has 4 heterocycles. The van der Waals surface area contributed by atoms with Gasteiger partial charge in [-0.3, -0.25) is 19.8 Å². The van der Waals surface area contributed by atoms with Gasteiger partial charge < -0.3 is 28.7 Å². The van der Waals surface area contributed by atoms with Crippen LogP contribution in [-0.2, 0) is 11.4 Å². The molecule has 2 atom stereocenters. The van der Waals surface area contributed by atoms with E-state index in [1.165, 1.54) is 0 Å². The highest BCUT2D eigenvalue weighted by molar-refractivity contribution is 6.31. The van der Waals surface area contributed by atoms with Crippen molar-refractivity contribution in [1.29, 1.82) is 0 Å². The lowest BCUT2D eigenvalue weighted by Gasteiger charge is -2.56. The van der Waals surface area contributed by atoms with Gasteiger partial charge in [0.25, 0.3) is 0 Å². The molecule has 2 aliphatic heterocycles. The first kappa shape index (κ1) is 40.6. The minimum Gasteiger partial charge on any atom is -0.495 e. The van der Waals surface area contributed by atoms with Crippen molar-refractivity contribution in [1.82, 2.24) is 19.8 Å². The molecule has 0 N–H and O–H groups in total. The van der Waals surface area contributed by atoms with Gasteiger partial charge in [-0.25, -0.2) is 4.79 Å². The van der Waals surface area contributed by atoms with Gasteiger partial charge >= 0.3 is 6.03 Å². The monoisotopic (exact) mass is 844 g/mol. The lowest BCUT2D eigenvalue weighted by molar-refractivity contribution is -0.115. The van der Waals surface area contributed by atoms with Crippen molar-refractivity contribution in [2.24, 2.45) is 0 Å². The molecule has 0 radical (unpaired) electrons. The molecule has 2 saturated heterocycles. The highest BCUT2D eigenvalue weighted by Gasteiger charge is 2.56. The molecule has 0 bridgehead atoms. The van der Waals surface area contributed by atoms with E-state index in [9.17, 15) is 0 Å². The average Bonchev–Trinajstić information content (AvgIpc) is 3.28. The minimum atomic E-state index is -1.43. The highest BCUT2D eigenvalue weighted by atomic mass is 35.5. The van der Waals surface area contributed by atoms with E-state index in [0.717, 1.165) is 22.5 Å². The second-order valence-corrected chi connectivity index (χ2v) is 15.7. The number of para-hydroxylation sites is 4. The van der Waals surface area contributed by atoms with Gasteiger partial charge in [-0.15, -0.1) is 0 Å². The number of aryl methyl sites for hydroxylation is 2. The topological polar surface area (TPSA) is 92.7 Å². The highest BCUT2D eigenvalue weighted by Crippen LogP contribution is 2.45. The molecule has 308 valence electrons.